The fraction of sp³-hybridized carbons (Fsp3) is 0.368. The Bertz CT molecular complexity index is 645. The summed E-state index contributed by atoms with van der Waals surface area (Å²) in [4.78, 5) is 0. The van der Waals surface area contributed by atoms with E-state index in [9.17, 15) is 0 Å². The van der Waals surface area contributed by atoms with Crippen molar-refractivity contribution in [1.82, 2.24) is 5.32 Å². The smallest absolute Gasteiger partial charge is 0.127 e. The molecule has 23 heavy (non-hydrogen) atoms. The van der Waals surface area contributed by atoms with E-state index in [0.717, 1.165) is 18.0 Å². The van der Waals surface area contributed by atoms with E-state index in [1.165, 1.54) is 23.1 Å². The predicted octanol–water partition coefficient (Wildman–Crippen LogP) is 4.08. The van der Waals surface area contributed by atoms with Crippen molar-refractivity contribution in [3.05, 3.63) is 59.2 Å². The zero-order valence-corrected chi connectivity index (χ0v) is 14.7. The summed E-state index contributed by atoms with van der Waals surface area (Å²) in [6, 6.07) is 15.3. The number of halogens is 1. The van der Waals surface area contributed by atoms with Crippen LogP contribution in [-0.4, -0.2) is 20.3 Å². The van der Waals surface area contributed by atoms with Gasteiger partial charge in [0.05, 0.1) is 14.2 Å². The molecular formula is C19H24ClNO2. The summed E-state index contributed by atoms with van der Waals surface area (Å²) < 4.78 is 10.8. The molecule has 1 fully saturated rings. The van der Waals surface area contributed by atoms with Gasteiger partial charge in [-0.3, -0.25) is 0 Å². The molecule has 0 aliphatic heterocycles. The van der Waals surface area contributed by atoms with Gasteiger partial charge in [0.1, 0.15) is 11.5 Å². The van der Waals surface area contributed by atoms with Crippen molar-refractivity contribution in [2.75, 3.05) is 14.2 Å². The first kappa shape index (κ1) is 17.6. The first-order valence-corrected chi connectivity index (χ1v) is 7.72. The van der Waals surface area contributed by atoms with E-state index in [-0.39, 0.29) is 12.4 Å². The SMILES string of the molecule is COc1cc(C)c(CNC2CC2c2ccccc2)c(OC)c1.Cl. The van der Waals surface area contributed by atoms with Gasteiger partial charge in [-0.2, -0.15) is 0 Å². The van der Waals surface area contributed by atoms with E-state index < -0.39 is 0 Å². The minimum absolute atomic E-state index is 0. The molecule has 1 N–H and O–H groups in total. The fourth-order valence-corrected chi connectivity index (χ4v) is 3.00. The van der Waals surface area contributed by atoms with Crippen LogP contribution in [0.1, 0.15) is 29.0 Å². The van der Waals surface area contributed by atoms with Crippen LogP contribution in [0.5, 0.6) is 11.5 Å². The summed E-state index contributed by atoms with van der Waals surface area (Å²) in [5, 5.41) is 3.65. The van der Waals surface area contributed by atoms with Crippen molar-refractivity contribution in [3.8, 4) is 11.5 Å². The summed E-state index contributed by atoms with van der Waals surface area (Å²) in [5.74, 6) is 2.37. The molecule has 2 aromatic carbocycles. The van der Waals surface area contributed by atoms with E-state index in [4.69, 9.17) is 9.47 Å². The average Bonchev–Trinajstić information content (AvgIpc) is 3.33. The molecule has 0 amide bonds. The highest BCUT2D eigenvalue weighted by Crippen LogP contribution is 2.41. The Hall–Kier alpha value is -1.71. The van der Waals surface area contributed by atoms with Crippen LogP contribution >= 0.6 is 12.4 Å². The molecule has 0 aromatic heterocycles. The van der Waals surface area contributed by atoms with Gasteiger partial charge in [0, 0.05) is 30.1 Å². The lowest BCUT2D eigenvalue weighted by atomic mass is 10.1. The van der Waals surface area contributed by atoms with Crippen molar-refractivity contribution < 1.29 is 9.47 Å². The molecule has 0 radical (unpaired) electrons. The molecule has 0 saturated heterocycles. The molecule has 0 spiro atoms. The number of nitrogens with one attached hydrogen (secondary N) is 1. The van der Waals surface area contributed by atoms with E-state index in [2.05, 4.69) is 48.6 Å². The minimum atomic E-state index is 0. The summed E-state index contributed by atoms with van der Waals surface area (Å²) >= 11 is 0. The molecule has 1 aliphatic carbocycles. The number of rotatable bonds is 6. The Kier molecular flexibility index (Phi) is 5.91. The van der Waals surface area contributed by atoms with Crippen LogP contribution in [-0.2, 0) is 6.54 Å². The Balaban J connectivity index is 0.00000192. The molecule has 2 atom stereocenters. The number of methoxy groups -OCH3 is 2. The monoisotopic (exact) mass is 333 g/mol. The second-order valence-corrected chi connectivity index (χ2v) is 5.87. The summed E-state index contributed by atoms with van der Waals surface area (Å²) in [5.41, 5.74) is 3.83. The van der Waals surface area contributed by atoms with Gasteiger partial charge < -0.3 is 14.8 Å². The van der Waals surface area contributed by atoms with E-state index in [0.29, 0.717) is 12.0 Å². The van der Waals surface area contributed by atoms with Crippen LogP contribution < -0.4 is 14.8 Å². The molecule has 3 rings (SSSR count). The van der Waals surface area contributed by atoms with Crippen LogP contribution in [0.25, 0.3) is 0 Å². The maximum Gasteiger partial charge on any atom is 0.127 e. The highest BCUT2D eigenvalue weighted by Gasteiger charge is 2.37. The largest absolute Gasteiger partial charge is 0.497 e. The second kappa shape index (κ2) is 7.71. The molecule has 4 heteroatoms. The maximum absolute atomic E-state index is 5.51. The molecule has 1 saturated carbocycles. The molecule has 2 unspecified atom stereocenters. The lowest BCUT2D eigenvalue weighted by Crippen LogP contribution is -2.18. The molecule has 124 valence electrons. The molecule has 1 aliphatic rings. The van der Waals surface area contributed by atoms with Gasteiger partial charge in [0.25, 0.3) is 0 Å². The molecule has 2 aromatic rings. The number of benzene rings is 2. The lowest BCUT2D eigenvalue weighted by molar-refractivity contribution is 0.389. The van der Waals surface area contributed by atoms with Crippen molar-refractivity contribution in [3.63, 3.8) is 0 Å². The van der Waals surface area contributed by atoms with Gasteiger partial charge in [0.15, 0.2) is 0 Å². The molecule has 0 heterocycles. The number of hydrogen-bond acceptors (Lipinski definition) is 3. The number of hydrogen-bond donors (Lipinski definition) is 1. The van der Waals surface area contributed by atoms with Crippen LogP contribution in [0, 0.1) is 6.92 Å². The molecular weight excluding hydrogens is 310 g/mol. The van der Waals surface area contributed by atoms with E-state index in [1.54, 1.807) is 14.2 Å². The number of aryl methyl sites for hydroxylation is 1. The average molecular weight is 334 g/mol. The Morgan fingerprint density at radius 2 is 1.83 bits per heavy atom. The van der Waals surface area contributed by atoms with Gasteiger partial charge in [-0.05, 0) is 30.5 Å². The van der Waals surface area contributed by atoms with Crippen molar-refractivity contribution in [2.24, 2.45) is 0 Å². The van der Waals surface area contributed by atoms with Gasteiger partial charge in [-0.1, -0.05) is 30.3 Å². The summed E-state index contributed by atoms with van der Waals surface area (Å²) in [6.07, 6.45) is 1.21. The van der Waals surface area contributed by atoms with Crippen molar-refractivity contribution >= 4 is 12.4 Å². The van der Waals surface area contributed by atoms with Gasteiger partial charge in [-0.25, -0.2) is 0 Å². The quantitative estimate of drug-likeness (QED) is 0.864. The topological polar surface area (TPSA) is 30.5 Å². The predicted molar refractivity (Wildman–Crippen MR) is 96.0 cm³/mol. The number of ether oxygens (including phenoxy) is 2. The highest BCUT2D eigenvalue weighted by molar-refractivity contribution is 5.85. The third-order valence-electron chi connectivity index (χ3n) is 4.42. The summed E-state index contributed by atoms with van der Waals surface area (Å²) in [7, 11) is 3.39. The first-order chi connectivity index (χ1) is 10.7. The van der Waals surface area contributed by atoms with E-state index >= 15 is 0 Å². The maximum atomic E-state index is 5.51. The lowest BCUT2D eigenvalue weighted by Gasteiger charge is -2.14. The van der Waals surface area contributed by atoms with E-state index in [1.807, 2.05) is 6.07 Å². The first-order valence-electron chi connectivity index (χ1n) is 7.72. The third-order valence-corrected chi connectivity index (χ3v) is 4.42. The zero-order chi connectivity index (χ0) is 15.5. The van der Waals surface area contributed by atoms with Gasteiger partial charge in [0.2, 0.25) is 0 Å². The van der Waals surface area contributed by atoms with Crippen LogP contribution in [0.4, 0.5) is 0 Å². The van der Waals surface area contributed by atoms with Crippen LogP contribution in [0.15, 0.2) is 42.5 Å². The normalized spacial score (nSPS) is 18.9. The standard InChI is InChI=1S/C19H23NO2.ClH/c1-13-9-15(21-2)10-19(22-3)17(13)12-20-18-11-16(18)14-7-5-4-6-8-14;/h4-10,16,18,20H,11-12H2,1-3H3;1H. The Morgan fingerprint density at radius 3 is 2.48 bits per heavy atom. The van der Waals surface area contributed by atoms with Crippen molar-refractivity contribution in [2.45, 2.75) is 31.8 Å². The minimum Gasteiger partial charge on any atom is -0.497 e. The summed E-state index contributed by atoms with van der Waals surface area (Å²) in [6.45, 7) is 2.93. The highest BCUT2D eigenvalue weighted by atomic mass is 35.5. The zero-order valence-electron chi connectivity index (χ0n) is 13.8. The van der Waals surface area contributed by atoms with Crippen LogP contribution in [0.2, 0.25) is 0 Å². The Labute approximate surface area is 144 Å². The Morgan fingerprint density at radius 1 is 1.09 bits per heavy atom. The van der Waals surface area contributed by atoms with Gasteiger partial charge in [-0.15, -0.1) is 12.4 Å². The van der Waals surface area contributed by atoms with Crippen molar-refractivity contribution in [1.29, 1.82) is 0 Å². The van der Waals surface area contributed by atoms with Gasteiger partial charge >= 0.3 is 0 Å². The molecule has 3 nitrogen and oxygen atoms in total. The fourth-order valence-electron chi connectivity index (χ4n) is 3.00. The molecule has 0 bridgehead atoms. The third kappa shape index (κ3) is 3.98. The second-order valence-electron chi connectivity index (χ2n) is 5.87. The van der Waals surface area contributed by atoms with Crippen LogP contribution in [0.3, 0.4) is 0 Å².